The lowest BCUT2D eigenvalue weighted by atomic mass is 10.0. The molecule has 0 saturated carbocycles. The molecule has 5 nitrogen and oxygen atoms in total. The van der Waals surface area contributed by atoms with Crippen molar-refractivity contribution in [2.75, 3.05) is 11.9 Å². The van der Waals surface area contributed by atoms with Gasteiger partial charge in [0.1, 0.15) is 11.8 Å². The smallest absolute Gasteiger partial charge is 0.252 e. The number of anilines is 1. The topological polar surface area (TPSA) is 74.5 Å². The number of furan rings is 1. The molecule has 0 bridgehead atoms. The normalized spacial score (nSPS) is 13.6. The fraction of sp³-hybridized carbons (Fsp3) is 0.421. The van der Waals surface area contributed by atoms with Gasteiger partial charge < -0.3 is 20.2 Å². The van der Waals surface area contributed by atoms with E-state index in [4.69, 9.17) is 4.42 Å². The minimum atomic E-state index is -0.557. The summed E-state index contributed by atoms with van der Waals surface area (Å²) >= 11 is 0. The summed E-state index contributed by atoms with van der Waals surface area (Å²) in [4.78, 5) is 12.6. The van der Waals surface area contributed by atoms with E-state index in [1.165, 1.54) is 6.26 Å². The molecule has 0 spiro atoms. The fourth-order valence-electron chi connectivity index (χ4n) is 2.38. The Balaban J connectivity index is 2.17. The van der Waals surface area contributed by atoms with Gasteiger partial charge in [0.15, 0.2) is 0 Å². The van der Waals surface area contributed by atoms with Gasteiger partial charge in [0.05, 0.1) is 12.9 Å². The van der Waals surface area contributed by atoms with Crippen LogP contribution in [0.1, 0.15) is 48.5 Å². The van der Waals surface area contributed by atoms with Crippen LogP contribution < -0.4 is 10.6 Å². The standard InChI is InChI=1S/C19H26N2O3/c1-12(2)14(4)20-16-8-5-7-15(13(16)3)19(23)21-17(11-22)18-9-6-10-24-18/h5-10,12,14,17,20,22H,11H2,1-4H3,(H,21,23). The molecule has 1 aromatic carbocycles. The van der Waals surface area contributed by atoms with Gasteiger partial charge in [-0.1, -0.05) is 19.9 Å². The molecule has 130 valence electrons. The number of amides is 1. The molecule has 0 radical (unpaired) electrons. The van der Waals surface area contributed by atoms with E-state index in [2.05, 4.69) is 31.4 Å². The maximum absolute atomic E-state index is 12.6. The molecule has 0 aliphatic heterocycles. The van der Waals surface area contributed by atoms with Crippen LogP contribution in [0, 0.1) is 12.8 Å². The molecule has 2 unspecified atom stereocenters. The zero-order valence-electron chi connectivity index (χ0n) is 14.7. The van der Waals surface area contributed by atoms with Crippen LogP contribution in [-0.4, -0.2) is 23.7 Å². The highest BCUT2D eigenvalue weighted by Gasteiger charge is 2.19. The van der Waals surface area contributed by atoms with E-state index in [1.807, 2.05) is 19.1 Å². The number of carbonyl (C=O) groups excluding carboxylic acids is 1. The summed E-state index contributed by atoms with van der Waals surface area (Å²) in [5.41, 5.74) is 2.42. The van der Waals surface area contributed by atoms with Gasteiger partial charge in [0.2, 0.25) is 0 Å². The van der Waals surface area contributed by atoms with Crippen LogP contribution in [0.2, 0.25) is 0 Å². The Morgan fingerprint density at radius 3 is 2.54 bits per heavy atom. The van der Waals surface area contributed by atoms with E-state index in [9.17, 15) is 9.90 Å². The number of aliphatic hydroxyl groups excluding tert-OH is 1. The van der Waals surface area contributed by atoms with Crippen molar-refractivity contribution in [1.29, 1.82) is 0 Å². The summed E-state index contributed by atoms with van der Waals surface area (Å²) in [5, 5.41) is 15.8. The van der Waals surface area contributed by atoms with Gasteiger partial charge in [0, 0.05) is 17.3 Å². The highest BCUT2D eigenvalue weighted by Crippen LogP contribution is 2.22. The molecule has 0 saturated heterocycles. The molecule has 24 heavy (non-hydrogen) atoms. The molecule has 3 N–H and O–H groups in total. The quantitative estimate of drug-likeness (QED) is 0.726. The highest BCUT2D eigenvalue weighted by molar-refractivity contribution is 5.97. The molecule has 2 rings (SSSR count). The summed E-state index contributed by atoms with van der Waals surface area (Å²) in [6, 6.07) is 8.82. The lowest BCUT2D eigenvalue weighted by molar-refractivity contribution is 0.0906. The maximum Gasteiger partial charge on any atom is 0.252 e. The number of nitrogens with one attached hydrogen (secondary N) is 2. The summed E-state index contributed by atoms with van der Waals surface area (Å²) in [7, 11) is 0. The van der Waals surface area contributed by atoms with Crippen LogP contribution in [0.15, 0.2) is 41.0 Å². The molecule has 1 heterocycles. The van der Waals surface area contributed by atoms with Crippen molar-refractivity contribution in [2.45, 2.75) is 39.8 Å². The molecule has 1 amide bonds. The van der Waals surface area contributed by atoms with E-state index >= 15 is 0 Å². The number of benzene rings is 1. The minimum Gasteiger partial charge on any atom is -0.467 e. The van der Waals surface area contributed by atoms with Crippen LogP contribution in [0.25, 0.3) is 0 Å². The van der Waals surface area contributed by atoms with Gasteiger partial charge in [0.25, 0.3) is 5.91 Å². The van der Waals surface area contributed by atoms with Gasteiger partial charge >= 0.3 is 0 Å². The first-order valence-electron chi connectivity index (χ1n) is 8.25. The predicted molar refractivity (Wildman–Crippen MR) is 95.1 cm³/mol. The molecular weight excluding hydrogens is 304 g/mol. The molecule has 0 aliphatic rings. The van der Waals surface area contributed by atoms with Crippen molar-refractivity contribution < 1.29 is 14.3 Å². The molecule has 0 aliphatic carbocycles. The van der Waals surface area contributed by atoms with Gasteiger partial charge in [-0.15, -0.1) is 0 Å². The van der Waals surface area contributed by atoms with E-state index in [0.29, 0.717) is 23.3 Å². The van der Waals surface area contributed by atoms with Crippen molar-refractivity contribution in [3.63, 3.8) is 0 Å². The first kappa shape index (κ1) is 18.1. The summed E-state index contributed by atoms with van der Waals surface area (Å²) in [5.74, 6) is 0.787. The Bertz CT molecular complexity index is 665. The molecule has 5 heteroatoms. The van der Waals surface area contributed by atoms with E-state index in [0.717, 1.165) is 11.3 Å². The third kappa shape index (κ3) is 4.17. The summed E-state index contributed by atoms with van der Waals surface area (Å²) < 4.78 is 5.27. The number of hydrogen-bond acceptors (Lipinski definition) is 4. The molecule has 0 fully saturated rings. The van der Waals surface area contributed by atoms with Gasteiger partial charge in [-0.3, -0.25) is 4.79 Å². The minimum absolute atomic E-state index is 0.222. The SMILES string of the molecule is Cc1c(NC(C)C(C)C)cccc1C(=O)NC(CO)c1ccco1. The van der Waals surface area contributed by atoms with Crippen molar-refractivity contribution in [1.82, 2.24) is 5.32 Å². The maximum atomic E-state index is 12.6. The van der Waals surface area contributed by atoms with Crippen molar-refractivity contribution in [3.05, 3.63) is 53.5 Å². The van der Waals surface area contributed by atoms with Gasteiger partial charge in [-0.25, -0.2) is 0 Å². The summed E-state index contributed by atoms with van der Waals surface area (Å²) in [6.07, 6.45) is 1.52. The van der Waals surface area contributed by atoms with Crippen LogP contribution in [0.5, 0.6) is 0 Å². The van der Waals surface area contributed by atoms with Crippen molar-refractivity contribution in [3.8, 4) is 0 Å². The second-order valence-corrected chi connectivity index (χ2v) is 6.38. The van der Waals surface area contributed by atoms with Crippen LogP contribution >= 0.6 is 0 Å². The zero-order chi connectivity index (χ0) is 17.7. The average molecular weight is 330 g/mol. The zero-order valence-corrected chi connectivity index (χ0v) is 14.7. The van der Waals surface area contributed by atoms with Crippen molar-refractivity contribution >= 4 is 11.6 Å². The Morgan fingerprint density at radius 1 is 1.21 bits per heavy atom. The fourth-order valence-corrected chi connectivity index (χ4v) is 2.38. The Labute approximate surface area is 143 Å². The lowest BCUT2D eigenvalue weighted by Gasteiger charge is -2.22. The first-order chi connectivity index (χ1) is 11.4. The Kier molecular flexibility index (Phi) is 6.04. The van der Waals surface area contributed by atoms with Crippen LogP contribution in [0.4, 0.5) is 5.69 Å². The highest BCUT2D eigenvalue weighted by atomic mass is 16.3. The molecule has 1 aromatic heterocycles. The first-order valence-corrected chi connectivity index (χ1v) is 8.25. The predicted octanol–water partition coefficient (Wildman–Crippen LogP) is 3.51. The van der Waals surface area contributed by atoms with Crippen molar-refractivity contribution in [2.24, 2.45) is 5.92 Å². The Morgan fingerprint density at radius 2 is 1.96 bits per heavy atom. The largest absolute Gasteiger partial charge is 0.467 e. The number of rotatable bonds is 7. The molecular formula is C19H26N2O3. The third-order valence-electron chi connectivity index (χ3n) is 4.34. The number of carbonyl (C=O) groups is 1. The number of hydrogen-bond donors (Lipinski definition) is 3. The van der Waals surface area contributed by atoms with Crippen LogP contribution in [0.3, 0.4) is 0 Å². The molecule has 2 aromatic rings. The average Bonchev–Trinajstić information content (AvgIpc) is 3.08. The Hall–Kier alpha value is -2.27. The second-order valence-electron chi connectivity index (χ2n) is 6.38. The van der Waals surface area contributed by atoms with E-state index in [1.54, 1.807) is 18.2 Å². The van der Waals surface area contributed by atoms with E-state index in [-0.39, 0.29) is 12.5 Å². The lowest BCUT2D eigenvalue weighted by Crippen LogP contribution is -2.31. The monoisotopic (exact) mass is 330 g/mol. The van der Waals surface area contributed by atoms with E-state index < -0.39 is 6.04 Å². The third-order valence-corrected chi connectivity index (χ3v) is 4.34. The van der Waals surface area contributed by atoms with Gasteiger partial charge in [-0.2, -0.15) is 0 Å². The molecule has 2 atom stereocenters. The van der Waals surface area contributed by atoms with Gasteiger partial charge in [-0.05, 0) is 49.6 Å². The van der Waals surface area contributed by atoms with Crippen LogP contribution in [-0.2, 0) is 0 Å². The summed E-state index contributed by atoms with van der Waals surface area (Å²) in [6.45, 7) is 8.12. The second kappa shape index (κ2) is 8.02. The number of aliphatic hydroxyl groups is 1.